The van der Waals surface area contributed by atoms with Gasteiger partial charge in [0.25, 0.3) is 0 Å². The van der Waals surface area contributed by atoms with E-state index in [2.05, 4.69) is 6.58 Å². The second-order valence-electron chi connectivity index (χ2n) is 2.91. The number of carbonyl (C=O) groups excluding carboxylic acids is 1. The van der Waals surface area contributed by atoms with Gasteiger partial charge in [0.2, 0.25) is 0 Å². The van der Waals surface area contributed by atoms with E-state index in [1.807, 2.05) is 0 Å². The molecule has 0 radical (unpaired) electrons. The maximum absolute atomic E-state index is 11.0. The molecule has 12 heavy (non-hydrogen) atoms. The predicted octanol–water partition coefficient (Wildman–Crippen LogP) is 0.627. The second kappa shape index (κ2) is 3.85. The zero-order valence-corrected chi connectivity index (χ0v) is 7.86. The standard InChI is InChI=1S/C8H12O3S/c1-6(2)8(9)11-7-3-4-12(10)5-7/h7H,1,3-5H2,2H3. The van der Waals surface area contributed by atoms with Crippen LogP contribution in [0.3, 0.4) is 0 Å². The molecular weight excluding hydrogens is 176 g/mol. The molecule has 68 valence electrons. The van der Waals surface area contributed by atoms with Crippen LogP contribution >= 0.6 is 0 Å². The minimum absolute atomic E-state index is 0.157. The van der Waals surface area contributed by atoms with Crippen molar-refractivity contribution in [3.63, 3.8) is 0 Å². The Kier molecular flexibility index (Phi) is 3.03. The molecule has 2 unspecified atom stereocenters. The summed E-state index contributed by atoms with van der Waals surface area (Å²) >= 11 is 0. The van der Waals surface area contributed by atoms with Gasteiger partial charge < -0.3 is 4.74 Å². The van der Waals surface area contributed by atoms with Gasteiger partial charge in [-0.15, -0.1) is 0 Å². The lowest BCUT2D eigenvalue weighted by Crippen LogP contribution is -2.18. The minimum atomic E-state index is -0.789. The summed E-state index contributed by atoms with van der Waals surface area (Å²) in [6, 6.07) is 0. The molecule has 1 saturated heterocycles. The third-order valence-corrected chi connectivity index (χ3v) is 3.10. The third kappa shape index (κ3) is 2.44. The van der Waals surface area contributed by atoms with Crippen LogP contribution in [-0.2, 0) is 20.3 Å². The maximum Gasteiger partial charge on any atom is 0.333 e. The van der Waals surface area contributed by atoms with Crippen molar-refractivity contribution in [2.45, 2.75) is 19.4 Å². The Hall–Kier alpha value is -0.640. The monoisotopic (exact) mass is 188 g/mol. The maximum atomic E-state index is 11.0. The van der Waals surface area contributed by atoms with Crippen LogP contribution in [0.5, 0.6) is 0 Å². The van der Waals surface area contributed by atoms with E-state index in [-0.39, 0.29) is 12.1 Å². The van der Waals surface area contributed by atoms with Crippen LogP contribution in [0.1, 0.15) is 13.3 Å². The minimum Gasteiger partial charge on any atom is -0.458 e. The van der Waals surface area contributed by atoms with Crippen molar-refractivity contribution in [3.8, 4) is 0 Å². The number of hydrogen-bond acceptors (Lipinski definition) is 3. The normalized spacial score (nSPS) is 28.4. The van der Waals surface area contributed by atoms with E-state index in [0.29, 0.717) is 23.5 Å². The summed E-state index contributed by atoms with van der Waals surface area (Å²) in [6.45, 7) is 5.07. The SMILES string of the molecule is C=C(C)C(=O)OC1CCS(=O)C1. The average Bonchev–Trinajstić information content (AvgIpc) is 2.35. The second-order valence-corrected chi connectivity index (χ2v) is 4.53. The summed E-state index contributed by atoms with van der Waals surface area (Å²) in [5.41, 5.74) is 0.396. The van der Waals surface area contributed by atoms with Crippen LogP contribution in [0.15, 0.2) is 12.2 Å². The summed E-state index contributed by atoms with van der Waals surface area (Å²) in [4.78, 5) is 11.0. The molecule has 0 saturated carbocycles. The summed E-state index contributed by atoms with van der Waals surface area (Å²) in [6.07, 6.45) is 0.557. The van der Waals surface area contributed by atoms with Gasteiger partial charge in [-0.1, -0.05) is 6.58 Å². The predicted molar refractivity (Wildman–Crippen MR) is 47.2 cm³/mol. The Morgan fingerprint density at radius 1 is 1.67 bits per heavy atom. The molecule has 1 fully saturated rings. The van der Waals surface area contributed by atoms with Gasteiger partial charge in [-0.2, -0.15) is 0 Å². The zero-order chi connectivity index (χ0) is 9.14. The fourth-order valence-electron chi connectivity index (χ4n) is 0.982. The van der Waals surface area contributed by atoms with Crippen LogP contribution in [0.2, 0.25) is 0 Å². The van der Waals surface area contributed by atoms with Crippen molar-refractivity contribution in [3.05, 3.63) is 12.2 Å². The van der Waals surface area contributed by atoms with Crippen molar-refractivity contribution >= 4 is 16.8 Å². The van der Waals surface area contributed by atoms with Crippen molar-refractivity contribution in [2.24, 2.45) is 0 Å². The molecule has 4 heteroatoms. The molecular formula is C8H12O3S. The Balaban J connectivity index is 2.37. The first-order chi connectivity index (χ1) is 5.59. The van der Waals surface area contributed by atoms with E-state index in [9.17, 15) is 9.00 Å². The Labute approximate surface area is 74.2 Å². The quantitative estimate of drug-likeness (QED) is 0.471. The van der Waals surface area contributed by atoms with Crippen molar-refractivity contribution in [1.82, 2.24) is 0 Å². The van der Waals surface area contributed by atoms with Gasteiger partial charge in [0.05, 0.1) is 5.75 Å². The highest BCUT2D eigenvalue weighted by molar-refractivity contribution is 7.85. The van der Waals surface area contributed by atoms with E-state index in [4.69, 9.17) is 4.74 Å². The van der Waals surface area contributed by atoms with Gasteiger partial charge >= 0.3 is 5.97 Å². The number of carbonyl (C=O) groups is 1. The lowest BCUT2D eigenvalue weighted by molar-refractivity contribution is -0.142. The largest absolute Gasteiger partial charge is 0.458 e. The van der Waals surface area contributed by atoms with E-state index < -0.39 is 10.8 Å². The van der Waals surface area contributed by atoms with E-state index in [1.165, 1.54) is 0 Å². The first-order valence-electron chi connectivity index (χ1n) is 3.81. The molecule has 1 aliphatic rings. The Bertz CT molecular complexity index is 234. The summed E-state index contributed by atoms with van der Waals surface area (Å²) < 4.78 is 15.9. The molecule has 0 aromatic heterocycles. The first-order valence-corrected chi connectivity index (χ1v) is 5.30. The van der Waals surface area contributed by atoms with Gasteiger partial charge in [0.1, 0.15) is 6.10 Å². The summed E-state index contributed by atoms with van der Waals surface area (Å²) in [7, 11) is -0.789. The molecule has 1 heterocycles. The highest BCUT2D eigenvalue weighted by Crippen LogP contribution is 2.12. The van der Waals surface area contributed by atoms with E-state index in [0.717, 1.165) is 0 Å². The fraction of sp³-hybridized carbons (Fsp3) is 0.625. The van der Waals surface area contributed by atoms with Gasteiger partial charge in [-0.05, 0) is 13.3 Å². The molecule has 0 amide bonds. The van der Waals surface area contributed by atoms with E-state index in [1.54, 1.807) is 6.92 Å². The van der Waals surface area contributed by atoms with Crippen molar-refractivity contribution in [2.75, 3.05) is 11.5 Å². The molecule has 3 nitrogen and oxygen atoms in total. The summed E-state index contributed by atoms with van der Waals surface area (Å²) in [5, 5.41) is 0. The Morgan fingerprint density at radius 2 is 2.33 bits per heavy atom. The van der Waals surface area contributed by atoms with Crippen LogP contribution in [-0.4, -0.2) is 27.8 Å². The van der Waals surface area contributed by atoms with Crippen LogP contribution in [0.4, 0.5) is 0 Å². The van der Waals surface area contributed by atoms with Crippen molar-refractivity contribution < 1.29 is 13.7 Å². The van der Waals surface area contributed by atoms with Gasteiger partial charge in [0, 0.05) is 22.1 Å². The molecule has 0 aromatic rings. The number of esters is 1. The topological polar surface area (TPSA) is 43.4 Å². The lowest BCUT2D eigenvalue weighted by atomic mass is 10.3. The van der Waals surface area contributed by atoms with Gasteiger partial charge in [0.15, 0.2) is 0 Å². The fourth-order valence-corrected chi connectivity index (χ4v) is 2.32. The average molecular weight is 188 g/mol. The number of hydrogen-bond donors (Lipinski definition) is 0. The molecule has 1 rings (SSSR count). The van der Waals surface area contributed by atoms with Crippen LogP contribution in [0, 0.1) is 0 Å². The highest BCUT2D eigenvalue weighted by atomic mass is 32.2. The zero-order valence-electron chi connectivity index (χ0n) is 7.04. The molecule has 0 N–H and O–H groups in total. The van der Waals surface area contributed by atoms with Crippen LogP contribution in [0.25, 0.3) is 0 Å². The number of ether oxygens (including phenoxy) is 1. The molecule has 0 aliphatic carbocycles. The summed E-state index contributed by atoms with van der Waals surface area (Å²) in [5.74, 6) is 0.756. The molecule has 0 aromatic carbocycles. The smallest absolute Gasteiger partial charge is 0.333 e. The van der Waals surface area contributed by atoms with Gasteiger partial charge in [-0.3, -0.25) is 4.21 Å². The van der Waals surface area contributed by atoms with Gasteiger partial charge in [-0.25, -0.2) is 4.79 Å². The number of rotatable bonds is 2. The Morgan fingerprint density at radius 3 is 2.75 bits per heavy atom. The van der Waals surface area contributed by atoms with Crippen LogP contribution < -0.4 is 0 Å². The molecule has 0 spiro atoms. The first kappa shape index (κ1) is 9.45. The third-order valence-electron chi connectivity index (χ3n) is 1.66. The lowest BCUT2D eigenvalue weighted by Gasteiger charge is -2.09. The van der Waals surface area contributed by atoms with Crippen molar-refractivity contribution in [1.29, 1.82) is 0 Å². The molecule has 1 aliphatic heterocycles. The highest BCUT2D eigenvalue weighted by Gasteiger charge is 2.24. The van der Waals surface area contributed by atoms with E-state index >= 15 is 0 Å². The molecule has 2 atom stereocenters. The molecule has 0 bridgehead atoms.